The Bertz CT molecular complexity index is 774. The van der Waals surface area contributed by atoms with Crippen LogP contribution in [0.1, 0.15) is 22.3 Å². The molecule has 3 rings (SSSR count). The van der Waals surface area contributed by atoms with E-state index in [2.05, 4.69) is 10.6 Å². The van der Waals surface area contributed by atoms with Crippen molar-refractivity contribution in [3.05, 3.63) is 53.6 Å². The highest BCUT2D eigenvalue weighted by Gasteiger charge is 2.14. The molecule has 0 radical (unpaired) electrons. The molecule has 7 nitrogen and oxygen atoms in total. The van der Waals surface area contributed by atoms with Crippen LogP contribution in [0, 0.1) is 0 Å². The van der Waals surface area contributed by atoms with Crippen LogP contribution in [0.5, 0.6) is 11.5 Å². The molecule has 7 heteroatoms. The Morgan fingerprint density at radius 2 is 1.72 bits per heavy atom. The average molecular weight is 341 g/mol. The predicted octanol–water partition coefficient (Wildman–Crippen LogP) is 2.27. The Balaban J connectivity index is 1.60. The number of primary amides is 1. The van der Waals surface area contributed by atoms with Gasteiger partial charge in [-0.25, -0.2) is 4.79 Å². The summed E-state index contributed by atoms with van der Waals surface area (Å²) in [4.78, 5) is 23.1. The van der Waals surface area contributed by atoms with Gasteiger partial charge in [0.25, 0.3) is 5.91 Å². The molecule has 0 aromatic heterocycles. The molecule has 0 aliphatic carbocycles. The standard InChI is InChI=1S/C18H19N3O4/c19-18(23)21-14-5-2-12(3-6-14)11-20-17(22)13-4-7-15-16(10-13)25-9-1-8-24-15/h2-7,10H,1,8-9,11H2,(H,20,22)(H3,19,21,23). The van der Waals surface area contributed by atoms with Gasteiger partial charge in [0.05, 0.1) is 13.2 Å². The number of nitrogens with two attached hydrogens (primary N) is 1. The number of rotatable bonds is 4. The fourth-order valence-electron chi connectivity index (χ4n) is 2.44. The van der Waals surface area contributed by atoms with Crippen LogP contribution in [-0.4, -0.2) is 25.2 Å². The van der Waals surface area contributed by atoms with E-state index in [9.17, 15) is 9.59 Å². The highest BCUT2D eigenvalue weighted by Crippen LogP contribution is 2.30. The van der Waals surface area contributed by atoms with E-state index in [0.717, 1.165) is 12.0 Å². The van der Waals surface area contributed by atoms with E-state index in [-0.39, 0.29) is 5.91 Å². The van der Waals surface area contributed by atoms with Gasteiger partial charge in [-0.3, -0.25) is 4.79 Å². The maximum absolute atomic E-state index is 12.3. The number of nitrogens with one attached hydrogen (secondary N) is 2. The fraction of sp³-hybridized carbons (Fsp3) is 0.222. The molecule has 1 heterocycles. The Kier molecular flexibility index (Phi) is 5.03. The summed E-state index contributed by atoms with van der Waals surface area (Å²) in [6, 6.07) is 11.6. The molecule has 0 spiro atoms. The molecule has 0 saturated carbocycles. The van der Waals surface area contributed by atoms with Gasteiger partial charge in [-0.1, -0.05) is 12.1 Å². The number of anilines is 1. The van der Waals surface area contributed by atoms with Gasteiger partial charge in [-0.15, -0.1) is 0 Å². The molecule has 0 fully saturated rings. The monoisotopic (exact) mass is 341 g/mol. The van der Waals surface area contributed by atoms with Gasteiger partial charge in [-0.2, -0.15) is 0 Å². The van der Waals surface area contributed by atoms with Crippen molar-refractivity contribution in [2.45, 2.75) is 13.0 Å². The summed E-state index contributed by atoms with van der Waals surface area (Å²) in [5.41, 5.74) is 7.07. The first-order valence-corrected chi connectivity index (χ1v) is 7.95. The third kappa shape index (κ3) is 4.41. The van der Waals surface area contributed by atoms with Gasteiger partial charge in [0.2, 0.25) is 0 Å². The van der Waals surface area contributed by atoms with Crippen molar-refractivity contribution in [2.75, 3.05) is 18.5 Å². The Hall–Kier alpha value is -3.22. The lowest BCUT2D eigenvalue weighted by atomic mass is 10.1. The fourth-order valence-corrected chi connectivity index (χ4v) is 2.44. The van der Waals surface area contributed by atoms with Crippen LogP contribution in [0.2, 0.25) is 0 Å². The van der Waals surface area contributed by atoms with Gasteiger partial charge in [-0.05, 0) is 35.9 Å². The molecule has 0 saturated heterocycles. The highest BCUT2D eigenvalue weighted by molar-refractivity contribution is 5.94. The minimum atomic E-state index is -0.615. The second-order valence-corrected chi connectivity index (χ2v) is 5.58. The summed E-state index contributed by atoms with van der Waals surface area (Å²) in [5, 5.41) is 5.33. The Morgan fingerprint density at radius 3 is 2.44 bits per heavy atom. The quantitative estimate of drug-likeness (QED) is 0.794. The van der Waals surface area contributed by atoms with Crippen LogP contribution in [0.4, 0.5) is 10.5 Å². The minimum absolute atomic E-state index is 0.199. The smallest absolute Gasteiger partial charge is 0.316 e. The van der Waals surface area contributed by atoms with Crippen LogP contribution in [0.3, 0.4) is 0 Å². The maximum atomic E-state index is 12.3. The number of carbonyl (C=O) groups is 2. The van der Waals surface area contributed by atoms with Crippen molar-refractivity contribution >= 4 is 17.6 Å². The van der Waals surface area contributed by atoms with E-state index in [1.807, 2.05) is 0 Å². The topological polar surface area (TPSA) is 103 Å². The number of ether oxygens (including phenoxy) is 2. The van der Waals surface area contributed by atoms with E-state index in [1.165, 1.54) is 0 Å². The largest absolute Gasteiger partial charge is 0.490 e. The van der Waals surface area contributed by atoms with Gasteiger partial charge in [0.1, 0.15) is 0 Å². The molecule has 3 amide bonds. The molecule has 0 bridgehead atoms. The summed E-state index contributed by atoms with van der Waals surface area (Å²) < 4.78 is 11.2. The van der Waals surface area contributed by atoms with E-state index >= 15 is 0 Å². The van der Waals surface area contributed by atoms with Gasteiger partial charge in [0, 0.05) is 24.2 Å². The normalized spacial score (nSPS) is 12.8. The van der Waals surface area contributed by atoms with E-state index in [0.29, 0.717) is 42.5 Å². The summed E-state index contributed by atoms with van der Waals surface area (Å²) in [5.74, 6) is 1.05. The van der Waals surface area contributed by atoms with Crippen LogP contribution >= 0.6 is 0 Å². The zero-order valence-corrected chi connectivity index (χ0v) is 13.6. The molecular weight excluding hydrogens is 322 g/mol. The molecule has 2 aromatic carbocycles. The zero-order chi connectivity index (χ0) is 17.6. The molecule has 0 atom stereocenters. The van der Waals surface area contributed by atoms with Crippen LogP contribution in [0.15, 0.2) is 42.5 Å². The average Bonchev–Trinajstić information content (AvgIpc) is 2.85. The SMILES string of the molecule is NC(=O)Nc1ccc(CNC(=O)c2ccc3c(c2)OCCCO3)cc1. The zero-order valence-electron chi connectivity index (χ0n) is 13.6. The summed E-state index contributed by atoms with van der Waals surface area (Å²) in [7, 11) is 0. The van der Waals surface area contributed by atoms with Gasteiger partial charge in [0.15, 0.2) is 11.5 Å². The Labute approximate surface area is 145 Å². The number of hydrogen-bond donors (Lipinski definition) is 3. The third-order valence-corrected chi connectivity index (χ3v) is 3.68. The summed E-state index contributed by atoms with van der Waals surface area (Å²) in [6.07, 6.45) is 0.816. The molecule has 1 aliphatic rings. The molecule has 4 N–H and O–H groups in total. The summed E-state index contributed by atoms with van der Waals surface area (Å²) in [6.45, 7) is 1.55. The first-order valence-electron chi connectivity index (χ1n) is 7.95. The molecule has 2 aromatic rings. The summed E-state index contributed by atoms with van der Waals surface area (Å²) >= 11 is 0. The highest BCUT2D eigenvalue weighted by atomic mass is 16.5. The predicted molar refractivity (Wildman–Crippen MR) is 92.9 cm³/mol. The first-order chi connectivity index (χ1) is 12.1. The molecule has 1 aliphatic heterocycles. The molecule has 130 valence electrons. The number of hydrogen-bond acceptors (Lipinski definition) is 4. The number of fused-ring (bicyclic) bond motifs is 1. The van der Waals surface area contributed by atoms with Crippen LogP contribution in [0.25, 0.3) is 0 Å². The lowest BCUT2D eigenvalue weighted by Crippen LogP contribution is -2.23. The number of urea groups is 1. The third-order valence-electron chi connectivity index (χ3n) is 3.68. The van der Waals surface area contributed by atoms with Crippen LogP contribution < -0.4 is 25.8 Å². The first kappa shape index (κ1) is 16.6. The van der Waals surface area contributed by atoms with Crippen molar-refractivity contribution in [2.24, 2.45) is 5.73 Å². The second kappa shape index (κ2) is 7.57. The van der Waals surface area contributed by atoms with Gasteiger partial charge < -0.3 is 25.8 Å². The lowest BCUT2D eigenvalue weighted by molar-refractivity contribution is 0.0950. The number of carbonyl (C=O) groups excluding carboxylic acids is 2. The molecule has 0 unspecified atom stereocenters. The number of amides is 3. The lowest BCUT2D eigenvalue weighted by Gasteiger charge is -2.10. The van der Waals surface area contributed by atoms with Gasteiger partial charge >= 0.3 is 6.03 Å². The molecule has 25 heavy (non-hydrogen) atoms. The van der Waals surface area contributed by atoms with Crippen molar-refractivity contribution in [1.29, 1.82) is 0 Å². The van der Waals surface area contributed by atoms with Crippen LogP contribution in [-0.2, 0) is 6.54 Å². The minimum Gasteiger partial charge on any atom is -0.490 e. The van der Waals surface area contributed by atoms with E-state index in [4.69, 9.17) is 15.2 Å². The second-order valence-electron chi connectivity index (χ2n) is 5.58. The number of benzene rings is 2. The van der Waals surface area contributed by atoms with Crippen molar-refractivity contribution in [1.82, 2.24) is 5.32 Å². The molecular formula is C18H19N3O4. The van der Waals surface area contributed by atoms with E-state index < -0.39 is 6.03 Å². The maximum Gasteiger partial charge on any atom is 0.316 e. The van der Waals surface area contributed by atoms with E-state index in [1.54, 1.807) is 42.5 Å². The van der Waals surface area contributed by atoms with Crippen molar-refractivity contribution in [3.8, 4) is 11.5 Å². The Morgan fingerprint density at radius 1 is 1.00 bits per heavy atom. The van der Waals surface area contributed by atoms with Crippen molar-refractivity contribution in [3.63, 3.8) is 0 Å². The van der Waals surface area contributed by atoms with Crippen molar-refractivity contribution < 1.29 is 19.1 Å².